The summed E-state index contributed by atoms with van der Waals surface area (Å²) in [6, 6.07) is 107. The van der Waals surface area contributed by atoms with Crippen LogP contribution >= 0.6 is 0 Å². The Hall–Kier alpha value is -7.01. The van der Waals surface area contributed by atoms with Crippen LogP contribution in [0.15, 0.2) is 303 Å². The molecule has 0 bridgehead atoms. The fourth-order valence-electron chi connectivity index (χ4n) is 19.0. The van der Waals surface area contributed by atoms with Gasteiger partial charge in [0.05, 0.1) is 82.0 Å². The number of anilines is 13. The van der Waals surface area contributed by atoms with E-state index in [4.69, 9.17) is 0 Å². The Balaban J connectivity index is 0.000000114. The minimum absolute atomic E-state index is 0. The molecule has 111 heavy (non-hydrogen) atoms. The zero-order valence-corrected chi connectivity index (χ0v) is 78.8. The van der Waals surface area contributed by atoms with E-state index in [0.29, 0.717) is 30.8 Å². The van der Waals surface area contributed by atoms with Gasteiger partial charge in [0.25, 0.3) is 0 Å². The Morgan fingerprint density at radius 1 is 0.225 bits per heavy atom. The molecule has 539 valence electrons. The second-order valence-electron chi connectivity index (χ2n) is 29.6. The maximum atomic E-state index is 2.50. The number of hydrogen-bond donors (Lipinski definition) is 0. The first-order valence-electron chi connectivity index (χ1n) is 37.2. The molecule has 10 heterocycles. The van der Waals surface area contributed by atoms with Crippen molar-refractivity contribution in [1.29, 1.82) is 0 Å². The number of fused-ring (bicyclic) bond motifs is 26. The van der Waals surface area contributed by atoms with Crippen LogP contribution < -0.4 is 44.1 Å². The maximum absolute atomic E-state index is 2.50. The van der Waals surface area contributed by atoms with Crippen LogP contribution in [0, 0.1) is 29.6 Å². The summed E-state index contributed by atoms with van der Waals surface area (Å²) in [5.41, 5.74) is 29.1. The van der Waals surface area contributed by atoms with Crippen LogP contribution in [0.25, 0.3) is 38.4 Å². The molecule has 10 nitrogen and oxygen atoms in total. The molecule has 0 spiro atoms. The number of hydrogen-bond acceptors (Lipinski definition) is 10. The number of likely N-dealkylation sites (N-methyl/N-ethyl adjacent to an activating group) is 5. The molecule has 15 heteroatoms. The van der Waals surface area contributed by atoms with Crippen molar-refractivity contribution in [1.82, 2.24) is 4.90 Å². The van der Waals surface area contributed by atoms with Crippen LogP contribution in [0.4, 0.5) is 73.9 Å². The molecule has 0 amide bonds. The second-order valence-corrected chi connectivity index (χ2v) is 29.6. The number of nitrogens with zero attached hydrogens (tertiary/aromatic N) is 10. The Kier molecular flexibility index (Phi) is 23.7. The van der Waals surface area contributed by atoms with E-state index in [1.165, 1.54) is 175 Å². The Morgan fingerprint density at radius 3 is 1.09 bits per heavy atom. The summed E-state index contributed by atoms with van der Waals surface area (Å²) in [7, 11) is 10.9. The van der Waals surface area contributed by atoms with Gasteiger partial charge < -0.3 is 49.0 Å². The summed E-state index contributed by atoms with van der Waals surface area (Å²) in [6.45, 7) is 11.3. The molecule has 0 saturated heterocycles. The molecule has 5 atom stereocenters. The van der Waals surface area contributed by atoms with Crippen molar-refractivity contribution in [3.63, 3.8) is 0 Å². The van der Waals surface area contributed by atoms with Gasteiger partial charge in [0.1, 0.15) is 0 Å². The molecule has 0 aromatic heterocycles. The normalized spacial score (nSPS) is 18.1. The molecule has 23 rings (SSSR count). The van der Waals surface area contributed by atoms with Crippen LogP contribution in [0.5, 0.6) is 0 Å². The SMILES string of the molecule is C[C-]1c2cc3ccccc3cc2N2c3ccccc3N(C)C12.C[C-]1c2ccc(-c3ccccc3)cc2N2c3ccccc3N(C)C12.C[C-]1c2ccc3ccccc3c2N2c3ccccc3N(C)C12.C[C-]1c2ccccc2N2C=C(c3ccccc3)N(C)C12.C[C-]1c2ccccc2N2c3ccccc3N(C)C12.[Y].[Y].[Y].[Y].[Y]. The molecule has 5 radical (unpaired) electrons. The van der Waals surface area contributed by atoms with E-state index in [2.05, 4.69) is 422 Å². The summed E-state index contributed by atoms with van der Waals surface area (Å²) >= 11 is 0. The van der Waals surface area contributed by atoms with Crippen LogP contribution in [0.2, 0.25) is 0 Å². The molecule has 10 aliphatic rings. The van der Waals surface area contributed by atoms with E-state index < -0.39 is 0 Å². The van der Waals surface area contributed by atoms with Gasteiger partial charge in [0.15, 0.2) is 0 Å². The van der Waals surface area contributed by atoms with Crippen LogP contribution in [0.3, 0.4) is 0 Å². The summed E-state index contributed by atoms with van der Waals surface area (Å²) in [5, 5.41) is 5.27. The summed E-state index contributed by atoms with van der Waals surface area (Å²) in [5.74, 6) is 7.14. The van der Waals surface area contributed by atoms with E-state index in [1.54, 1.807) is 0 Å². The van der Waals surface area contributed by atoms with Gasteiger partial charge in [-0.25, -0.2) is 0 Å². The molecular weight excluding hydrogens is 1740 g/mol. The molecule has 0 fully saturated rings. The van der Waals surface area contributed by atoms with Crippen molar-refractivity contribution in [2.75, 3.05) is 79.3 Å². The third-order valence-electron chi connectivity index (χ3n) is 23.9. The predicted octanol–water partition coefficient (Wildman–Crippen LogP) is 21.9. The first-order valence-corrected chi connectivity index (χ1v) is 37.2. The third-order valence-corrected chi connectivity index (χ3v) is 23.9. The van der Waals surface area contributed by atoms with Crippen molar-refractivity contribution >= 4 is 101 Å². The van der Waals surface area contributed by atoms with E-state index in [9.17, 15) is 0 Å². The molecule has 13 aromatic carbocycles. The van der Waals surface area contributed by atoms with Gasteiger partial charge in [-0.3, -0.25) is 0 Å². The van der Waals surface area contributed by atoms with Crippen molar-refractivity contribution < 1.29 is 164 Å². The number of rotatable bonds is 2. The van der Waals surface area contributed by atoms with Gasteiger partial charge in [0, 0.05) is 205 Å². The Bertz CT molecular complexity index is 5570. The fraction of sp³-hybridized carbons (Fsp3) is 0.156. The van der Waals surface area contributed by atoms with Crippen LogP contribution in [-0.4, -0.2) is 71.0 Å². The topological polar surface area (TPSA) is 32.4 Å². The quantitative estimate of drug-likeness (QED) is 0.156. The van der Waals surface area contributed by atoms with E-state index in [0.717, 1.165) is 0 Å². The standard InChI is InChI=1S/C22H19N2.2C20H17N2.C18H17N2.C16H15N2.5Y/c1-15-18-13-12-17(16-8-4-3-5-9-16)14-21(18)24-20-11-7-6-10-19(20)23(2)22(15)24;1-13-16-11-14-7-3-4-8-15(14)12-19(16)22-18-10-6-5-9-17(18)21(2)20(13)22;1-13-15-12-11-14-7-3-4-8-16(14)19(15)22-18-10-6-5-9-17(18)21(2)20(13)22;1-13-15-10-6-7-11-16(15)20-12-17(19(2)18(13)20)14-8-4-3-5-9-14;1-11-12-7-3-4-8-13(12)18-15-10-6-5-9-14(15)17(2)16(11)18;;;;;/h3-14,22H,1-2H3;2*3-12,20H,1-2H3;3-12,18H,1-2H3;3-10,16H,1-2H3;;;;;/q5*-1;;;;;. The van der Waals surface area contributed by atoms with Crippen molar-refractivity contribution in [3.8, 4) is 11.1 Å². The molecule has 13 aromatic rings. The van der Waals surface area contributed by atoms with E-state index in [-0.39, 0.29) is 164 Å². The Morgan fingerprint density at radius 2 is 0.568 bits per heavy atom. The summed E-state index contributed by atoms with van der Waals surface area (Å²) in [6.07, 6.45) is 3.85. The molecular formula is C96H85N10Y5-5. The van der Waals surface area contributed by atoms with Crippen molar-refractivity contribution in [3.05, 3.63) is 366 Å². The van der Waals surface area contributed by atoms with Gasteiger partial charge in [-0.2, -0.15) is 58.1 Å². The van der Waals surface area contributed by atoms with Gasteiger partial charge >= 0.3 is 0 Å². The molecule has 0 saturated carbocycles. The Labute approximate surface area is 781 Å². The summed E-state index contributed by atoms with van der Waals surface area (Å²) < 4.78 is 0. The van der Waals surface area contributed by atoms with Crippen molar-refractivity contribution in [2.45, 2.75) is 65.4 Å². The molecule has 0 N–H and O–H groups in total. The van der Waals surface area contributed by atoms with Gasteiger partial charge in [0.2, 0.25) is 0 Å². The van der Waals surface area contributed by atoms with Crippen LogP contribution in [-0.2, 0) is 164 Å². The number of para-hydroxylation sites is 10. The average Bonchev–Trinajstić information content (AvgIpc) is 1.59. The van der Waals surface area contributed by atoms with Gasteiger partial charge in [-0.15, -0.1) is 53.9 Å². The molecule has 5 unspecified atom stereocenters. The van der Waals surface area contributed by atoms with Crippen LogP contribution in [0.1, 0.15) is 68.0 Å². The van der Waals surface area contributed by atoms with Crippen molar-refractivity contribution in [2.24, 2.45) is 0 Å². The van der Waals surface area contributed by atoms with Gasteiger partial charge in [-0.05, 0) is 76.0 Å². The molecule has 0 aliphatic carbocycles. The maximum Gasteiger partial charge on any atom is 0.0720 e. The fourth-order valence-corrected chi connectivity index (χ4v) is 19.0. The first kappa shape index (κ1) is 80.6. The summed E-state index contributed by atoms with van der Waals surface area (Å²) in [4.78, 5) is 24.2. The largest absolute Gasteiger partial charge is 0.386 e. The third kappa shape index (κ3) is 13.1. The minimum Gasteiger partial charge on any atom is -0.386 e. The number of benzene rings is 13. The first-order chi connectivity index (χ1) is 51.8. The average molecular weight is 1820 g/mol. The zero-order chi connectivity index (χ0) is 71.9. The smallest absolute Gasteiger partial charge is 0.0720 e. The molecule has 10 aliphatic heterocycles. The van der Waals surface area contributed by atoms with E-state index >= 15 is 0 Å². The predicted molar refractivity (Wildman–Crippen MR) is 444 cm³/mol. The zero-order valence-electron chi connectivity index (χ0n) is 64.6. The second kappa shape index (κ2) is 32.7. The van der Waals surface area contributed by atoms with Gasteiger partial charge in [-0.1, -0.05) is 268 Å². The van der Waals surface area contributed by atoms with E-state index in [1.807, 2.05) is 0 Å². The minimum atomic E-state index is 0. The monoisotopic (exact) mass is 1820 g/mol.